The first kappa shape index (κ1) is 24.7. The summed E-state index contributed by atoms with van der Waals surface area (Å²) in [6, 6.07) is 10.4. The lowest BCUT2D eigenvalue weighted by molar-refractivity contribution is 0.0555. The Balaban J connectivity index is 1.54. The first-order chi connectivity index (χ1) is 17.8. The number of piperazine rings is 1. The fourth-order valence-electron chi connectivity index (χ4n) is 4.74. The average molecular weight is 506 g/mol. The van der Waals surface area contributed by atoms with Crippen LogP contribution in [0.25, 0.3) is 10.9 Å². The molecule has 194 valence electrons. The molecule has 0 saturated carbocycles. The van der Waals surface area contributed by atoms with Crippen molar-refractivity contribution in [2.24, 2.45) is 0 Å². The van der Waals surface area contributed by atoms with Crippen LogP contribution < -0.4 is 10.3 Å². The molecule has 5 rings (SSSR count). The van der Waals surface area contributed by atoms with Gasteiger partial charge in [0.2, 0.25) is 0 Å². The summed E-state index contributed by atoms with van der Waals surface area (Å²) in [4.78, 5) is 33.2. The molecule has 0 spiro atoms. The van der Waals surface area contributed by atoms with E-state index in [9.17, 15) is 9.59 Å². The third kappa shape index (κ3) is 4.86. The van der Waals surface area contributed by atoms with Gasteiger partial charge in [0.25, 0.3) is 11.5 Å². The maximum atomic E-state index is 13.4. The van der Waals surface area contributed by atoms with Crippen LogP contribution in [0.15, 0.2) is 51.9 Å². The molecule has 4 aromatic rings. The summed E-state index contributed by atoms with van der Waals surface area (Å²) in [6.45, 7) is 10.6. The number of aromatic amines is 1. The molecule has 3 aromatic heterocycles. The number of carbonyl (C=O) groups is 1. The first-order valence-electron chi connectivity index (χ1n) is 12.4. The normalized spacial score (nSPS) is 15.7. The Morgan fingerprint density at radius 3 is 2.62 bits per heavy atom. The highest BCUT2D eigenvalue weighted by molar-refractivity contribution is 5.91. The van der Waals surface area contributed by atoms with Crippen molar-refractivity contribution in [3.63, 3.8) is 0 Å². The van der Waals surface area contributed by atoms with Crippen LogP contribution in [0, 0.1) is 0 Å². The number of pyridine rings is 1. The number of aromatic nitrogens is 5. The zero-order valence-electron chi connectivity index (χ0n) is 21.5. The van der Waals surface area contributed by atoms with Crippen molar-refractivity contribution in [3.05, 3.63) is 70.2 Å². The molecular weight excluding hydrogens is 474 g/mol. The van der Waals surface area contributed by atoms with Crippen molar-refractivity contribution in [3.8, 4) is 5.75 Å². The zero-order valence-corrected chi connectivity index (χ0v) is 21.5. The van der Waals surface area contributed by atoms with Gasteiger partial charge in [-0.15, -0.1) is 5.10 Å². The minimum Gasteiger partial charge on any atom is -0.494 e. The van der Waals surface area contributed by atoms with Gasteiger partial charge in [0, 0.05) is 42.6 Å². The van der Waals surface area contributed by atoms with E-state index in [2.05, 4.69) is 25.4 Å². The number of H-pyrrole nitrogens is 1. The molecule has 37 heavy (non-hydrogen) atoms. The van der Waals surface area contributed by atoms with Crippen LogP contribution in [-0.2, 0) is 5.54 Å². The average Bonchev–Trinajstić information content (AvgIpc) is 3.58. The monoisotopic (exact) mass is 505 g/mol. The number of hydrogen-bond acceptors (Lipinski definition) is 8. The molecule has 4 heterocycles. The van der Waals surface area contributed by atoms with Gasteiger partial charge in [0.15, 0.2) is 11.6 Å². The van der Waals surface area contributed by atoms with Crippen LogP contribution in [0.3, 0.4) is 0 Å². The van der Waals surface area contributed by atoms with E-state index in [0.717, 1.165) is 16.7 Å². The number of tetrazole rings is 1. The molecular formula is C26H31N7O4. The molecule has 1 atom stereocenters. The number of carbonyl (C=O) groups excluding carboxylic acids is 1. The minimum atomic E-state index is -0.515. The first-order valence-corrected chi connectivity index (χ1v) is 12.4. The molecule has 1 aliphatic heterocycles. The van der Waals surface area contributed by atoms with E-state index >= 15 is 0 Å². The van der Waals surface area contributed by atoms with E-state index < -0.39 is 11.6 Å². The van der Waals surface area contributed by atoms with Gasteiger partial charge in [-0.3, -0.25) is 14.5 Å². The minimum absolute atomic E-state index is 0.146. The van der Waals surface area contributed by atoms with Crippen molar-refractivity contribution < 1.29 is 13.9 Å². The molecule has 11 heteroatoms. The van der Waals surface area contributed by atoms with Crippen LogP contribution in [0.4, 0.5) is 0 Å². The topological polar surface area (TPSA) is 122 Å². The van der Waals surface area contributed by atoms with Crippen LogP contribution >= 0.6 is 0 Å². The predicted octanol–water partition coefficient (Wildman–Crippen LogP) is 2.81. The number of nitrogens with zero attached hydrogens (tertiary/aromatic N) is 6. The predicted molar refractivity (Wildman–Crippen MR) is 137 cm³/mol. The third-order valence-electron chi connectivity index (χ3n) is 6.52. The molecule has 0 unspecified atom stereocenters. The molecule has 1 N–H and O–H groups in total. The van der Waals surface area contributed by atoms with Crippen molar-refractivity contribution in [2.45, 2.75) is 39.3 Å². The molecule has 1 aromatic carbocycles. The van der Waals surface area contributed by atoms with E-state index in [0.29, 0.717) is 49.9 Å². The molecule has 0 radical (unpaired) electrons. The lowest BCUT2D eigenvalue weighted by atomic mass is 10.0. The van der Waals surface area contributed by atoms with E-state index in [1.165, 1.54) is 6.26 Å². The number of ether oxygens (including phenoxy) is 1. The number of benzene rings is 1. The fourth-order valence-corrected chi connectivity index (χ4v) is 4.74. The van der Waals surface area contributed by atoms with Gasteiger partial charge in [-0.05, 0) is 74.5 Å². The molecule has 1 aliphatic rings. The fraction of sp³-hybridized carbons (Fsp3) is 0.423. The van der Waals surface area contributed by atoms with Gasteiger partial charge in [-0.25, -0.2) is 4.68 Å². The zero-order chi connectivity index (χ0) is 26.2. The lowest BCUT2D eigenvalue weighted by Gasteiger charge is -2.39. The molecule has 1 fully saturated rings. The van der Waals surface area contributed by atoms with Crippen LogP contribution in [0.2, 0.25) is 0 Å². The Morgan fingerprint density at radius 2 is 1.95 bits per heavy atom. The summed E-state index contributed by atoms with van der Waals surface area (Å²) >= 11 is 0. The molecule has 11 nitrogen and oxygen atoms in total. The SMILES string of the molecule is CCOc1ccc2[nH]c(=O)c([C@@H](c3nnnn3C(C)(C)C)N3CCN(C(=O)c4ccco4)CC3)cc2c1. The number of rotatable bonds is 6. The standard InChI is InChI=1S/C26H31N7O4/c1-5-36-18-8-9-20-17(15-18)16-19(24(34)27-20)22(23-28-29-30-33(23)26(2,3)4)31-10-12-32(13-11-31)25(35)21-7-6-14-37-21/h6-9,14-16,22H,5,10-13H2,1-4H3,(H,27,34)/t22-/m0/s1. The second-order valence-electron chi connectivity index (χ2n) is 10.1. The summed E-state index contributed by atoms with van der Waals surface area (Å²) in [5.41, 5.74) is 0.645. The highest BCUT2D eigenvalue weighted by Gasteiger charge is 2.36. The Bertz CT molecular complexity index is 1440. The lowest BCUT2D eigenvalue weighted by Crippen LogP contribution is -2.51. The second-order valence-corrected chi connectivity index (χ2v) is 10.1. The third-order valence-corrected chi connectivity index (χ3v) is 6.52. The maximum Gasteiger partial charge on any atom is 0.289 e. The summed E-state index contributed by atoms with van der Waals surface area (Å²) in [5.74, 6) is 1.48. The summed E-state index contributed by atoms with van der Waals surface area (Å²) in [6.07, 6.45) is 1.49. The number of fused-ring (bicyclic) bond motifs is 1. The van der Waals surface area contributed by atoms with Crippen molar-refractivity contribution >= 4 is 16.8 Å². The Kier molecular flexibility index (Phi) is 6.55. The number of hydrogen-bond donors (Lipinski definition) is 1. The van der Waals surface area contributed by atoms with Gasteiger partial charge in [-0.2, -0.15) is 0 Å². The van der Waals surface area contributed by atoms with Crippen molar-refractivity contribution in [1.82, 2.24) is 35.0 Å². The van der Waals surface area contributed by atoms with E-state index in [1.807, 2.05) is 52.0 Å². The van der Waals surface area contributed by atoms with E-state index in [-0.39, 0.29) is 11.5 Å². The highest BCUT2D eigenvalue weighted by atomic mass is 16.5. The molecule has 0 aliphatic carbocycles. The van der Waals surface area contributed by atoms with E-state index in [4.69, 9.17) is 9.15 Å². The van der Waals surface area contributed by atoms with Crippen LogP contribution in [0.5, 0.6) is 5.75 Å². The number of amides is 1. The number of furan rings is 1. The smallest absolute Gasteiger partial charge is 0.289 e. The Hall–Kier alpha value is -3.99. The Morgan fingerprint density at radius 1 is 1.16 bits per heavy atom. The van der Waals surface area contributed by atoms with Crippen LogP contribution in [0.1, 0.15) is 55.7 Å². The van der Waals surface area contributed by atoms with Gasteiger partial charge >= 0.3 is 0 Å². The summed E-state index contributed by atoms with van der Waals surface area (Å²) < 4.78 is 12.7. The van der Waals surface area contributed by atoms with Crippen molar-refractivity contribution in [1.29, 1.82) is 0 Å². The van der Waals surface area contributed by atoms with Gasteiger partial charge < -0.3 is 19.0 Å². The quantitative estimate of drug-likeness (QED) is 0.424. The number of nitrogens with one attached hydrogen (secondary N) is 1. The summed E-state index contributed by atoms with van der Waals surface area (Å²) in [7, 11) is 0. The second kappa shape index (κ2) is 9.81. The largest absolute Gasteiger partial charge is 0.494 e. The van der Waals surface area contributed by atoms with Gasteiger partial charge in [0.05, 0.1) is 18.4 Å². The van der Waals surface area contributed by atoms with Gasteiger partial charge in [-0.1, -0.05) is 0 Å². The van der Waals surface area contributed by atoms with E-state index in [1.54, 1.807) is 21.7 Å². The highest BCUT2D eigenvalue weighted by Crippen LogP contribution is 2.31. The summed E-state index contributed by atoms with van der Waals surface area (Å²) in [5, 5.41) is 13.5. The Labute approximate surface area is 214 Å². The van der Waals surface area contributed by atoms with Gasteiger partial charge in [0.1, 0.15) is 11.8 Å². The van der Waals surface area contributed by atoms with Crippen LogP contribution in [-0.4, -0.2) is 73.7 Å². The molecule has 1 amide bonds. The molecule has 0 bridgehead atoms. The van der Waals surface area contributed by atoms with Crippen molar-refractivity contribution in [2.75, 3.05) is 32.8 Å². The molecule has 1 saturated heterocycles. The maximum absolute atomic E-state index is 13.4.